The Labute approximate surface area is 197 Å². The van der Waals surface area contributed by atoms with Gasteiger partial charge in [0.15, 0.2) is 9.84 Å². The van der Waals surface area contributed by atoms with Crippen molar-refractivity contribution in [3.63, 3.8) is 0 Å². The predicted molar refractivity (Wildman–Crippen MR) is 126 cm³/mol. The van der Waals surface area contributed by atoms with E-state index >= 15 is 0 Å². The lowest BCUT2D eigenvalue weighted by Crippen LogP contribution is -2.38. The summed E-state index contributed by atoms with van der Waals surface area (Å²) in [6.07, 6.45) is 3.25. The number of methoxy groups -OCH3 is 1. The molecule has 0 fully saturated rings. The molecule has 1 aliphatic rings. The molecule has 0 bridgehead atoms. The molecule has 1 aliphatic heterocycles. The number of ether oxygens (including phenoxy) is 1. The minimum Gasteiger partial charge on any atom is -0.496 e. The number of benzene rings is 2. The van der Waals surface area contributed by atoms with Crippen LogP contribution in [0, 0.1) is 11.6 Å². The summed E-state index contributed by atoms with van der Waals surface area (Å²) in [6.45, 7) is 2.70. The van der Waals surface area contributed by atoms with Gasteiger partial charge in [-0.15, -0.1) is 0 Å². The third kappa shape index (κ3) is 4.37. The van der Waals surface area contributed by atoms with Crippen molar-refractivity contribution < 1.29 is 21.9 Å². The zero-order valence-corrected chi connectivity index (χ0v) is 20.2. The number of pyridine rings is 1. The van der Waals surface area contributed by atoms with Gasteiger partial charge in [-0.05, 0) is 43.2 Å². The van der Waals surface area contributed by atoms with Crippen molar-refractivity contribution in [2.45, 2.75) is 30.8 Å². The van der Waals surface area contributed by atoms with Gasteiger partial charge < -0.3 is 9.30 Å². The Morgan fingerprint density at radius 2 is 1.79 bits per heavy atom. The summed E-state index contributed by atoms with van der Waals surface area (Å²) in [5.74, 6) is -0.783. The quantitative estimate of drug-likeness (QED) is 0.546. The zero-order chi connectivity index (χ0) is 24.8. The Kier molecular flexibility index (Phi) is 6.35. The van der Waals surface area contributed by atoms with E-state index in [1.165, 1.54) is 29.9 Å². The van der Waals surface area contributed by atoms with E-state index in [-0.39, 0.29) is 16.5 Å². The molecule has 2 heterocycles. The van der Waals surface area contributed by atoms with Gasteiger partial charge in [0.1, 0.15) is 17.4 Å². The van der Waals surface area contributed by atoms with Crippen molar-refractivity contribution in [1.29, 1.82) is 0 Å². The third-order valence-electron chi connectivity index (χ3n) is 6.45. The standard InChI is InChI=1S/C25H26F2N2O4S/c1-15(18-7-5-16(26)11-23(18)27)29-10-9-19-22(14-29)21(13-28(2)25(19)30)20-12-17(34(4,31)32)6-8-24(20)33-3/h5-8,11-13,15H,9-10,14H2,1-4H3/t15-/m1/s1. The van der Waals surface area contributed by atoms with Crippen LogP contribution in [0.3, 0.4) is 0 Å². The average molecular weight is 489 g/mol. The number of hydrogen-bond donors (Lipinski definition) is 0. The van der Waals surface area contributed by atoms with Gasteiger partial charge in [-0.3, -0.25) is 9.69 Å². The van der Waals surface area contributed by atoms with Gasteiger partial charge in [-0.1, -0.05) is 6.07 Å². The van der Waals surface area contributed by atoms with E-state index < -0.39 is 21.5 Å². The summed E-state index contributed by atoms with van der Waals surface area (Å²) in [4.78, 5) is 15.1. The first-order valence-corrected chi connectivity index (χ1v) is 12.7. The van der Waals surface area contributed by atoms with Crippen LogP contribution in [0.5, 0.6) is 5.75 Å². The molecular formula is C25H26F2N2O4S. The number of sulfone groups is 1. The van der Waals surface area contributed by atoms with Crippen molar-refractivity contribution in [2.75, 3.05) is 19.9 Å². The van der Waals surface area contributed by atoms with Crippen molar-refractivity contribution in [3.8, 4) is 16.9 Å². The van der Waals surface area contributed by atoms with E-state index in [1.54, 1.807) is 25.4 Å². The number of nitrogens with zero attached hydrogens (tertiary/aromatic N) is 2. The molecular weight excluding hydrogens is 462 g/mol. The van der Waals surface area contributed by atoms with Gasteiger partial charge in [0.2, 0.25) is 0 Å². The molecule has 1 aromatic heterocycles. The highest BCUT2D eigenvalue weighted by atomic mass is 32.2. The van der Waals surface area contributed by atoms with Gasteiger partial charge in [0.25, 0.3) is 5.56 Å². The molecule has 0 spiro atoms. The third-order valence-corrected chi connectivity index (χ3v) is 7.56. The van der Waals surface area contributed by atoms with Crippen molar-refractivity contribution in [2.24, 2.45) is 7.05 Å². The molecule has 9 heteroatoms. The predicted octanol–water partition coefficient (Wildman–Crippen LogP) is 3.86. The lowest BCUT2D eigenvalue weighted by atomic mass is 9.91. The maximum absolute atomic E-state index is 14.5. The highest BCUT2D eigenvalue weighted by molar-refractivity contribution is 7.90. The van der Waals surface area contributed by atoms with Crippen LogP contribution < -0.4 is 10.3 Å². The first kappa shape index (κ1) is 24.1. The molecule has 0 aliphatic carbocycles. The Balaban J connectivity index is 1.85. The number of aryl methyl sites for hydroxylation is 1. The van der Waals surface area contributed by atoms with Crippen molar-refractivity contribution >= 4 is 9.84 Å². The van der Waals surface area contributed by atoms with Crippen LogP contribution in [-0.4, -0.2) is 37.8 Å². The summed E-state index contributed by atoms with van der Waals surface area (Å²) in [6, 6.07) is 7.81. The Hall–Kier alpha value is -3.04. The van der Waals surface area contributed by atoms with Gasteiger partial charge in [0, 0.05) is 67.0 Å². The van der Waals surface area contributed by atoms with Crippen LogP contribution in [-0.2, 0) is 29.9 Å². The highest BCUT2D eigenvalue weighted by Gasteiger charge is 2.29. The minimum atomic E-state index is -3.47. The number of fused-ring (bicyclic) bond motifs is 1. The van der Waals surface area contributed by atoms with E-state index in [9.17, 15) is 22.0 Å². The monoisotopic (exact) mass is 488 g/mol. The molecule has 0 saturated carbocycles. The zero-order valence-electron chi connectivity index (χ0n) is 19.4. The van der Waals surface area contributed by atoms with Crippen LogP contribution in [0.25, 0.3) is 11.1 Å². The normalized spacial score (nSPS) is 15.1. The van der Waals surface area contributed by atoms with Crippen LogP contribution >= 0.6 is 0 Å². The van der Waals surface area contributed by atoms with Gasteiger partial charge in [-0.2, -0.15) is 0 Å². The second-order valence-corrected chi connectivity index (χ2v) is 10.6. The van der Waals surface area contributed by atoms with Crippen LogP contribution in [0.2, 0.25) is 0 Å². The largest absolute Gasteiger partial charge is 0.496 e. The summed E-state index contributed by atoms with van der Waals surface area (Å²) in [5, 5.41) is 0. The van der Waals surface area contributed by atoms with E-state index in [0.29, 0.717) is 47.5 Å². The molecule has 0 radical (unpaired) electrons. The average Bonchev–Trinajstić information content (AvgIpc) is 2.79. The summed E-state index contributed by atoms with van der Waals surface area (Å²) >= 11 is 0. The molecule has 34 heavy (non-hydrogen) atoms. The molecule has 2 aromatic carbocycles. The van der Waals surface area contributed by atoms with Gasteiger partial charge >= 0.3 is 0 Å². The second kappa shape index (κ2) is 8.96. The fourth-order valence-electron chi connectivity index (χ4n) is 4.54. The van der Waals surface area contributed by atoms with Crippen LogP contribution in [0.4, 0.5) is 8.78 Å². The van der Waals surface area contributed by atoms with Crippen molar-refractivity contribution in [3.05, 3.63) is 81.3 Å². The van der Waals surface area contributed by atoms with E-state index in [4.69, 9.17) is 4.74 Å². The van der Waals surface area contributed by atoms with Crippen LogP contribution in [0.1, 0.15) is 29.7 Å². The Bertz CT molecular complexity index is 1430. The molecule has 6 nitrogen and oxygen atoms in total. The number of aromatic nitrogens is 1. The highest BCUT2D eigenvalue weighted by Crippen LogP contribution is 2.38. The van der Waals surface area contributed by atoms with Crippen LogP contribution in [0.15, 0.2) is 52.3 Å². The van der Waals surface area contributed by atoms with E-state index in [2.05, 4.69) is 0 Å². The van der Waals surface area contributed by atoms with Crippen molar-refractivity contribution in [1.82, 2.24) is 9.47 Å². The van der Waals surface area contributed by atoms with Gasteiger partial charge in [0.05, 0.1) is 12.0 Å². The van der Waals surface area contributed by atoms with E-state index in [1.807, 2.05) is 11.8 Å². The second-order valence-electron chi connectivity index (χ2n) is 8.61. The molecule has 3 aromatic rings. The van der Waals surface area contributed by atoms with Gasteiger partial charge in [-0.25, -0.2) is 17.2 Å². The molecule has 0 saturated heterocycles. The summed E-state index contributed by atoms with van der Waals surface area (Å²) in [7, 11) is -0.319. The Morgan fingerprint density at radius 1 is 1.06 bits per heavy atom. The first-order chi connectivity index (χ1) is 16.0. The maximum atomic E-state index is 14.5. The number of hydrogen-bond acceptors (Lipinski definition) is 5. The van der Waals surface area contributed by atoms with E-state index in [0.717, 1.165) is 17.9 Å². The molecule has 0 unspecified atom stereocenters. The lowest BCUT2D eigenvalue weighted by Gasteiger charge is -2.35. The fourth-order valence-corrected chi connectivity index (χ4v) is 5.19. The molecule has 0 amide bonds. The molecule has 1 atom stereocenters. The minimum absolute atomic E-state index is 0.128. The molecule has 180 valence electrons. The summed E-state index contributed by atoms with van der Waals surface area (Å²) < 4.78 is 59.3. The fraction of sp³-hybridized carbons (Fsp3) is 0.320. The first-order valence-electron chi connectivity index (χ1n) is 10.8. The topological polar surface area (TPSA) is 68.6 Å². The maximum Gasteiger partial charge on any atom is 0.253 e. The smallest absolute Gasteiger partial charge is 0.253 e. The molecule has 4 rings (SSSR count). The number of halogens is 2. The SMILES string of the molecule is COc1ccc(S(C)(=O)=O)cc1-c1cn(C)c(=O)c2c1CN([C@H](C)c1ccc(F)cc1F)CC2. The summed E-state index contributed by atoms with van der Waals surface area (Å²) in [5.41, 5.74) is 2.85. The number of rotatable bonds is 5. The lowest BCUT2D eigenvalue weighted by molar-refractivity contribution is 0.188. The Morgan fingerprint density at radius 3 is 2.44 bits per heavy atom. The molecule has 0 N–H and O–H groups in total.